The maximum Gasteiger partial charge on any atom is 0.253 e. The zero-order valence-electron chi connectivity index (χ0n) is 12.1. The normalized spacial score (nSPS) is 10.7. The van der Waals surface area contributed by atoms with Crippen LogP contribution in [-0.4, -0.2) is 39.3 Å². The Balaban J connectivity index is 1.88. The molecule has 0 aliphatic rings. The fourth-order valence-electron chi connectivity index (χ4n) is 2.07. The first-order chi connectivity index (χ1) is 10.6. The number of hydrogen-bond acceptors (Lipinski definition) is 4. The number of nitrogens with one attached hydrogen (secondary N) is 1. The second-order valence-electron chi connectivity index (χ2n) is 4.95. The summed E-state index contributed by atoms with van der Waals surface area (Å²) in [7, 11) is 3.47. The number of fused-ring (bicyclic) bond motifs is 1. The first kappa shape index (κ1) is 14.8. The molecule has 0 bridgehead atoms. The second kappa shape index (κ2) is 5.91. The summed E-state index contributed by atoms with van der Waals surface area (Å²) in [4.78, 5) is 22.1. The summed E-state index contributed by atoms with van der Waals surface area (Å²) in [5.41, 5.74) is 2.27. The van der Waals surface area contributed by atoms with Gasteiger partial charge in [-0.1, -0.05) is 0 Å². The van der Waals surface area contributed by atoms with Gasteiger partial charge >= 0.3 is 0 Å². The van der Waals surface area contributed by atoms with E-state index in [2.05, 4.69) is 37.9 Å². The topological polar surface area (TPSA) is 62.5 Å². The molecule has 0 aliphatic heterocycles. The Morgan fingerprint density at radius 3 is 2.64 bits per heavy atom. The van der Waals surface area contributed by atoms with E-state index in [1.807, 2.05) is 22.7 Å². The smallest absolute Gasteiger partial charge is 0.253 e. The van der Waals surface area contributed by atoms with Crippen LogP contribution in [0.4, 0.5) is 11.5 Å². The van der Waals surface area contributed by atoms with Crippen molar-refractivity contribution in [1.29, 1.82) is 0 Å². The van der Waals surface area contributed by atoms with Gasteiger partial charge in [-0.25, -0.2) is 9.97 Å². The number of nitrogens with zero attached hydrogens (tertiary/aromatic N) is 4. The van der Waals surface area contributed by atoms with Gasteiger partial charge in [-0.2, -0.15) is 0 Å². The standard InChI is InChI=1S/C15H14IN5O/c1-20(2)15(22)10-3-5-11(6-4-10)19-13-14-18-9-12(16)21(14)8-7-17-13/h3-9H,1-2H3,(H,17,19). The van der Waals surface area contributed by atoms with Gasteiger partial charge < -0.3 is 10.2 Å². The fraction of sp³-hybridized carbons (Fsp3) is 0.133. The van der Waals surface area contributed by atoms with Crippen molar-refractivity contribution in [3.05, 3.63) is 52.1 Å². The van der Waals surface area contributed by atoms with Crippen LogP contribution in [0.25, 0.3) is 5.65 Å². The molecule has 0 aliphatic carbocycles. The minimum absolute atomic E-state index is 0.0189. The number of aromatic nitrogens is 3. The van der Waals surface area contributed by atoms with Crippen LogP contribution in [0, 0.1) is 3.70 Å². The predicted octanol–water partition coefficient (Wildman–Crippen LogP) is 2.78. The Morgan fingerprint density at radius 2 is 1.95 bits per heavy atom. The van der Waals surface area contributed by atoms with Crippen LogP contribution in [-0.2, 0) is 0 Å². The molecule has 0 saturated heterocycles. The molecule has 1 aromatic carbocycles. The zero-order chi connectivity index (χ0) is 15.7. The van der Waals surface area contributed by atoms with E-state index in [0.29, 0.717) is 11.4 Å². The number of benzene rings is 1. The van der Waals surface area contributed by atoms with Gasteiger partial charge in [0.05, 0.1) is 6.20 Å². The highest BCUT2D eigenvalue weighted by Gasteiger charge is 2.09. The largest absolute Gasteiger partial charge is 0.345 e. The summed E-state index contributed by atoms with van der Waals surface area (Å²) in [5.74, 6) is 0.659. The van der Waals surface area contributed by atoms with Crippen molar-refractivity contribution in [2.75, 3.05) is 19.4 Å². The quantitative estimate of drug-likeness (QED) is 0.679. The molecule has 0 spiro atoms. The van der Waals surface area contributed by atoms with Gasteiger partial charge in [0.1, 0.15) is 3.70 Å². The molecule has 6 nitrogen and oxygen atoms in total. The molecule has 0 unspecified atom stereocenters. The van der Waals surface area contributed by atoms with E-state index < -0.39 is 0 Å². The number of carbonyl (C=O) groups is 1. The minimum Gasteiger partial charge on any atom is -0.345 e. The van der Waals surface area contributed by atoms with E-state index in [0.717, 1.165) is 15.0 Å². The highest BCUT2D eigenvalue weighted by Crippen LogP contribution is 2.20. The number of hydrogen-bond donors (Lipinski definition) is 1. The molecule has 112 valence electrons. The highest BCUT2D eigenvalue weighted by molar-refractivity contribution is 14.1. The fourth-order valence-corrected chi connectivity index (χ4v) is 2.60. The van der Waals surface area contributed by atoms with Gasteiger partial charge in [0.15, 0.2) is 11.5 Å². The Morgan fingerprint density at radius 1 is 1.23 bits per heavy atom. The maximum atomic E-state index is 11.9. The lowest BCUT2D eigenvalue weighted by atomic mass is 10.2. The van der Waals surface area contributed by atoms with Gasteiger partial charge in [0.25, 0.3) is 5.91 Å². The molecule has 1 amide bonds. The van der Waals surface area contributed by atoms with Crippen molar-refractivity contribution in [2.24, 2.45) is 0 Å². The van der Waals surface area contributed by atoms with Crippen molar-refractivity contribution in [1.82, 2.24) is 19.3 Å². The van der Waals surface area contributed by atoms with E-state index in [-0.39, 0.29) is 5.91 Å². The van der Waals surface area contributed by atoms with E-state index >= 15 is 0 Å². The van der Waals surface area contributed by atoms with Crippen LogP contribution in [0.3, 0.4) is 0 Å². The molecule has 2 heterocycles. The molecule has 3 aromatic rings. The SMILES string of the molecule is CN(C)C(=O)c1ccc(Nc2nccn3c(I)cnc23)cc1. The average Bonchev–Trinajstić information content (AvgIpc) is 2.90. The average molecular weight is 407 g/mol. The van der Waals surface area contributed by atoms with E-state index in [9.17, 15) is 4.79 Å². The summed E-state index contributed by atoms with van der Waals surface area (Å²) >= 11 is 2.22. The van der Waals surface area contributed by atoms with Gasteiger partial charge in [-0.05, 0) is 46.9 Å². The molecule has 7 heteroatoms. The van der Waals surface area contributed by atoms with E-state index in [1.54, 1.807) is 43.5 Å². The number of anilines is 2. The predicted molar refractivity (Wildman–Crippen MR) is 93.4 cm³/mol. The van der Waals surface area contributed by atoms with Crippen molar-refractivity contribution in [3.8, 4) is 0 Å². The first-order valence-electron chi connectivity index (χ1n) is 6.62. The summed E-state index contributed by atoms with van der Waals surface area (Å²) in [6.45, 7) is 0. The van der Waals surface area contributed by atoms with Gasteiger partial charge in [0, 0.05) is 37.7 Å². The first-order valence-corrected chi connectivity index (χ1v) is 7.70. The number of carbonyl (C=O) groups excluding carboxylic acids is 1. The zero-order valence-corrected chi connectivity index (χ0v) is 14.3. The van der Waals surface area contributed by atoms with Gasteiger partial charge in [-0.15, -0.1) is 0 Å². The van der Waals surface area contributed by atoms with Crippen LogP contribution in [0.2, 0.25) is 0 Å². The van der Waals surface area contributed by atoms with Crippen LogP contribution in [0.1, 0.15) is 10.4 Å². The summed E-state index contributed by atoms with van der Waals surface area (Å²) < 4.78 is 2.98. The lowest BCUT2D eigenvalue weighted by Crippen LogP contribution is -2.21. The summed E-state index contributed by atoms with van der Waals surface area (Å²) in [6.07, 6.45) is 5.39. The molecular formula is C15H14IN5O. The number of halogens is 1. The van der Waals surface area contributed by atoms with Crippen molar-refractivity contribution in [3.63, 3.8) is 0 Å². The third kappa shape index (κ3) is 2.76. The molecule has 3 rings (SSSR count). The third-order valence-electron chi connectivity index (χ3n) is 3.18. The number of imidazole rings is 1. The molecule has 1 N–H and O–H groups in total. The lowest BCUT2D eigenvalue weighted by Gasteiger charge is -2.11. The Bertz CT molecular complexity index is 826. The summed E-state index contributed by atoms with van der Waals surface area (Å²) in [6, 6.07) is 7.30. The molecule has 0 fully saturated rings. The van der Waals surface area contributed by atoms with E-state index in [4.69, 9.17) is 0 Å². The monoisotopic (exact) mass is 407 g/mol. The third-order valence-corrected chi connectivity index (χ3v) is 3.98. The van der Waals surface area contributed by atoms with Crippen molar-refractivity contribution < 1.29 is 4.79 Å². The van der Waals surface area contributed by atoms with E-state index in [1.165, 1.54) is 0 Å². The molecular weight excluding hydrogens is 393 g/mol. The van der Waals surface area contributed by atoms with Crippen LogP contribution >= 0.6 is 22.6 Å². The Labute approximate surface area is 141 Å². The molecule has 0 atom stereocenters. The maximum absolute atomic E-state index is 11.9. The van der Waals surface area contributed by atoms with Crippen LogP contribution in [0.15, 0.2) is 42.9 Å². The number of amides is 1. The number of rotatable bonds is 3. The van der Waals surface area contributed by atoms with Gasteiger partial charge in [-0.3, -0.25) is 9.20 Å². The van der Waals surface area contributed by atoms with Gasteiger partial charge in [0.2, 0.25) is 0 Å². The molecule has 0 radical (unpaired) electrons. The van der Waals surface area contributed by atoms with Crippen molar-refractivity contribution in [2.45, 2.75) is 0 Å². The lowest BCUT2D eigenvalue weighted by molar-refractivity contribution is 0.0827. The molecule has 0 saturated carbocycles. The molecule has 2 aromatic heterocycles. The Hall–Kier alpha value is -2.16. The van der Waals surface area contributed by atoms with Crippen molar-refractivity contribution >= 4 is 45.7 Å². The summed E-state index contributed by atoms with van der Waals surface area (Å²) in [5, 5.41) is 3.23. The van der Waals surface area contributed by atoms with Crippen LogP contribution in [0.5, 0.6) is 0 Å². The second-order valence-corrected chi connectivity index (χ2v) is 6.06. The van der Waals surface area contributed by atoms with Crippen LogP contribution < -0.4 is 5.32 Å². The molecule has 22 heavy (non-hydrogen) atoms. The Kier molecular flexibility index (Phi) is 3.97. The minimum atomic E-state index is -0.0189. The highest BCUT2D eigenvalue weighted by atomic mass is 127.